The highest BCUT2D eigenvalue weighted by molar-refractivity contribution is 5.78. The molecule has 104 valence electrons. The van der Waals surface area contributed by atoms with Gasteiger partial charge >= 0.3 is 18.1 Å². The number of aliphatic carboxylic acids is 1. The lowest BCUT2D eigenvalue weighted by atomic mass is 10.1. The van der Waals surface area contributed by atoms with Crippen LogP contribution in [0.5, 0.6) is 5.75 Å². The van der Waals surface area contributed by atoms with Crippen LogP contribution in [0.15, 0.2) is 24.3 Å². The van der Waals surface area contributed by atoms with Crippen LogP contribution in [0, 0.1) is 0 Å². The van der Waals surface area contributed by atoms with E-state index in [-0.39, 0.29) is 12.2 Å². The number of nitrogens with two attached hydrogens (primary N) is 1. The van der Waals surface area contributed by atoms with Crippen molar-refractivity contribution >= 4 is 11.9 Å². The summed E-state index contributed by atoms with van der Waals surface area (Å²) in [5.41, 5.74) is 5.63. The Hall–Kier alpha value is -2.09. The predicted molar refractivity (Wildman–Crippen MR) is 57.4 cm³/mol. The summed E-state index contributed by atoms with van der Waals surface area (Å²) in [6.45, 7) is 0. The van der Waals surface area contributed by atoms with Gasteiger partial charge in [0, 0.05) is 0 Å². The Morgan fingerprint density at radius 2 is 2.00 bits per heavy atom. The van der Waals surface area contributed by atoms with Gasteiger partial charge in [-0.3, -0.25) is 4.79 Å². The molecule has 0 heterocycles. The minimum atomic E-state index is -5.09. The molecule has 0 saturated heterocycles. The first-order chi connectivity index (χ1) is 8.70. The predicted octanol–water partition coefficient (Wildman–Crippen LogP) is 1.11. The van der Waals surface area contributed by atoms with Crippen molar-refractivity contribution in [2.45, 2.75) is 18.6 Å². The summed E-state index contributed by atoms with van der Waals surface area (Å²) in [5.74, 6) is -3.90. The maximum atomic E-state index is 12.0. The second kappa shape index (κ2) is 5.70. The molecular formula is C11H10F3NO4. The second-order valence-corrected chi connectivity index (χ2v) is 3.68. The lowest BCUT2D eigenvalue weighted by Gasteiger charge is -2.09. The average molecular weight is 277 g/mol. The van der Waals surface area contributed by atoms with Crippen molar-refractivity contribution in [1.82, 2.24) is 0 Å². The molecule has 1 atom stereocenters. The van der Waals surface area contributed by atoms with Crippen molar-refractivity contribution in [3.8, 4) is 5.75 Å². The van der Waals surface area contributed by atoms with Crippen LogP contribution in [-0.2, 0) is 16.0 Å². The summed E-state index contributed by atoms with van der Waals surface area (Å²) in [6, 6.07) is 3.90. The molecule has 8 heteroatoms. The number of alkyl halides is 3. The maximum absolute atomic E-state index is 12.0. The van der Waals surface area contributed by atoms with Crippen LogP contribution in [0.3, 0.4) is 0 Å². The van der Waals surface area contributed by atoms with Gasteiger partial charge in [0.2, 0.25) is 0 Å². The largest absolute Gasteiger partial charge is 0.491 e. The van der Waals surface area contributed by atoms with Crippen LogP contribution < -0.4 is 10.5 Å². The van der Waals surface area contributed by atoms with Gasteiger partial charge < -0.3 is 15.6 Å². The molecule has 0 spiro atoms. The smallest absolute Gasteiger partial charge is 0.480 e. The number of carboxylic acid groups (broad SMARTS) is 1. The molecule has 0 radical (unpaired) electrons. The first-order valence-corrected chi connectivity index (χ1v) is 5.06. The van der Waals surface area contributed by atoms with E-state index in [4.69, 9.17) is 10.8 Å². The van der Waals surface area contributed by atoms with Crippen molar-refractivity contribution in [2.24, 2.45) is 5.73 Å². The fraction of sp³-hybridized carbons (Fsp3) is 0.273. The van der Waals surface area contributed by atoms with Crippen molar-refractivity contribution in [1.29, 1.82) is 0 Å². The summed E-state index contributed by atoms with van der Waals surface area (Å²) in [6.07, 6.45) is -5.18. The molecule has 0 fully saturated rings. The third-order valence-corrected chi connectivity index (χ3v) is 2.11. The molecule has 3 N–H and O–H groups in total. The molecule has 19 heavy (non-hydrogen) atoms. The number of carbonyl (C=O) groups is 2. The molecule has 0 amide bonds. The number of ether oxygens (including phenoxy) is 1. The van der Waals surface area contributed by atoms with Crippen LogP contribution in [0.25, 0.3) is 0 Å². The zero-order chi connectivity index (χ0) is 14.6. The van der Waals surface area contributed by atoms with E-state index >= 15 is 0 Å². The third-order valence-electron chi connectivity index (χ3n) is 2.11. The lowest BCUT2D eigenvalue weighted by molar-refractivity contribution is -0.189. The molecule has 0 saturated carbocycles. The van der Waals surface area contributed by atoms with Crippen LogP contribution in [-0.4, -0.2) is 29.3 Å². The highest BCUT2D eigenvalue weighted by Gasteiger charge is 2.41. The quantitative estimate of drug-likeness (QED) is 0.635. The Labute approximate surface area is 105 Å². The molecule has 0 aliphatic carbocycles. The molecule has 1 rings (SSSR count). The highest BCUT2D eigenvalue weighted by Crippen LogP contribution is 2.21. The Bertz CT molecular complexity index is 487. The normalized spacial score (nSPS) is 12.8. The van der Waals surface area contributed by atoms with E-state index < -0.39 is 24.2 Å². The van der Waals surface area contributed by atoms with Gasteiger partial charge in [-0.25, -0.2) is 4.79 Å². The van der Waals surface area contributed by atoms with E-state index in [1.54, 1.807) is 0 Å². The first kappa shape index (κ1) is 15.0. The molecule has 1 unspecified atom stereocenters. The van der Waals surface area contributed by atoms with Gasteiger partial charge in [-0.15, -0.1) is 0 Å². The van der Waals surface area contributed by atoms with Crippen LogP contribution in [0.2, 0.25) is 0 Å². The van der Waals surface area contributed by atoms with E-state index in [1.165, 1.54) is 12.1 Å². The molecule has 0 bridgehead atoms. The SMILES string of the molecule is NC(Cc1cccc(OC(=O)C(F)(F)F)c1)C(=O)O. The van der Waals surface area contributed by atoms with Gasteiger partial charge in [-0.1, -0.05) is 12.1 Å². The number of esters is 1. The zero-order valence-corrected chi connectivity index (χ0v) is 9.48. The molecule has 0 aliphatic rings. The minimum absolute atomic E-state index is 0.0905. The molecule has 0 aromatic heterocycles. The van der Waals surface area contributed by atoms with Gasteiger partial charge in [0.15, 0.2) is 0 Å². The summed E-state index contributed by atoms with van der Waals surface area (Å²) < 4.78 is 40.0. The Kier molecular flexibility index (Phi) is 4.49. The fourth-order valence-electron chi connectivity index (χ4n) is 1.24. The number of carbonyl (C=O) groups excluding carboxylic acids is 1. The van der Waals surface area contributed by atoms with E-state index in [1.807, 2.05) is 0 Å². The van der Waals surface area contributed by atoms with Gasteiger partial charge in [0.05, 0.1) is 0 Å². The minimum Gasteiger partial charge on any atom is -0.480 e. The molecule has 1 aromatic rings. The van der Waals surface area contributed by atoms with Gasteiger partial charge in [-0.05, 0) is 24.1 Å². The maximum Gasteiger partial charge on any atom is 0.491 e. The van der Waals surface area contributed by atoms with Crippen LogP contribution in [0.4, 0.5) is 13.2 Å². The van der Waals surface area contributed by atoms with E-state index in [0.717, 1.165) is 12.1 Å². The third kappa shape index (κ3) is 4.59. The lowest BCUT2D eigenvalue weighted by Crippen LogP contribution is -2.32. The Morgan fingerprint density at radius 3 is 2.53 bits per heavy atom. The molecule has 5 nitrogen and oxygen atoms in total. The van der Waals surface area contributed by atoms with E-state index in [9.17, 15) is 22.8 Å². The van der Waals surface area contributed by atoms with Gasteiger partial charge in [0.25, 0.3) is 0 Å². The van der Waals surface area contributed by atoms with Crippen molar-refractivity contribution in [3.63, 3.8) is 0 Å². The monoisotopic (exact) mass is 277 g/mol. The van der Waals surface area contributed by atoms with Crippen molar-refractivity contribution in [2.75, 3.05) is 0 Å². The summed E-state index contributed by atoms with van der Waals surface area (Å²) >= 11 is 0. The fourth-order valence-corrected chi connectivity index (χ4v) is 1.24. The second-order valence-electron chi connectivity index (χ2n) is 3.68. The first-order valence-electron chi connectivity index (χ1n) is 5.06. The Balaban J connectivity index is 2.78. The molecule has 1 aromatic carbocycles. The summed E-state index contributed by atoms with van der Waals surface area (Å²) in [4.78, 5) is 21.1. The summed E-state index contributed by atoms with van der Waals surface area (Å²) in [7, 11) is 0. The van der Waals surface area contributed by atoms with Crippen LogP contribution in [0.1, 0.15) is 5.56 Å². The van der Waals surface area contributed by atoms with Crippen molar-refractivity contribution in [3.05, 3.63) is 29.8 Å². The van der Waals surface area contributed by atoms with Crippen LogP contribution >= 0.6 is 0 Å². The average Bonchev–Trinajstić information content (AvgIpc) is 2.27. The summed E-state index contributed by atoms with van der Waals surface area (Å²) in [5, 5.41) is 8.61. The number of halogens is 3. The number of rotatable bonds is 4. The zero-order valence-electron chi connectivity index (χ0n) is 9.48. The van der Waals surface area contributed by atoms with E-state index in [2.05, 4.69) is 4.74 Å². The number of hydrogen-bond acceptors (Lipinski definition) is 4. The number of benzene rings is 1. The van der Waals surface area contributed by atoms with Gasteiger partial charge in [0.1, 0.15) is 11.8 Å². The van der Waals surface area contributed by atoms with Gasteiger partial charge in [-0.2, -0.15) is 13.2 Å². The topological polar surface area (TPSA) is 89.6 Å². The molecular weight excluding hydrogens is 267 g/mol. The Morgan fingerprint density at radius 1 is 1.37 bits per heavy atom. The standard InChI is InChI=1S/C11H10F3NO4/c12-11(13,14)10(18)19-7-3-1-2-6(4-7)5-8(15)9(16)17/h1-4,8H,5,15H2,(H,16,17). The van der Waals surface area contributed by atoms with Crippen molar-refractivity contribution < 1.29 is 32.6 Å². The highest BCUT2D eigenvalue weighted by atomic mass is 19.4. The molecule has 0 aliphatic heterocycles. The van der Waals surface area contributed by atoms with E-state index in [0.29, 0.717) is 5.56 Å². The number of carboxylic acids is 1. The number of hydrogen-bond donors (Lipinski definition) is 2.